The summed E-state index contributed by atoms with van der Waals surface area (Å²) in [5.74, 6) is 0.928. The Morgan fingerprint density at radius 2 is 1.80 bits per heavy atom. The Morgan fingerprint density at radius 3 is 2.44 bits per heavy atom. The predicted octanol–water partition coefficient (Wildman–Crippen LogP) is 4.68. The summed E-state index contributed by atoms with van der Waals surface area (Å²) >= 11 is 1.74. The van der Waals surface area contributed by atoms with Crippen LogP contribution < -0.4 is 4.90 Å². The van der Waals surface area contributed by atoms with Crippen molar-refractivity contribution in [3.63, 3.8) is 0 Å². The van der Waals surface area contributed by atoms with Crippen LogP contribution in [0.3, 0.4) is 0 Å². The number of carbonyl (C=O) groups is 1. The average molecular weight is 587 g/mol. The highest BCUT2D eigenvalue weighted by molar-refractivity contribution is 7.11. The molecule has 2 aliphatic rings. The molecule has 2 saturated heterocycles. The molecule has 0 spiro atoms. The maximum Gasteiger partial charge on any atom is 0.416 e. The largest absolute Gasteiger partial charge is 0.416 e. The Hall–Kier alpha value is -3.02. The lowest BCUT2D eigenvalue weighted by Crippen LogP contribution is -2.53. The molecule has 0 N–H and O–H groups in total. The first-order valence-electron chi connectivity index (χ1n) is 14.0. The van der Waals surface area contributed by atoms with Crippen molar-refractivity contribution in [3.05, 3.63) is 75.9 Å². The summed E-state index contributed by atoms with van der Waals surface area (Å²) in [5, 5.41) is 0. The Labute approximate surface area is 243 Å². The van der Waals surface area contributed by atoms with Gasteiger partial charge >= 0.3 is 6.18 Å². The van der Waals surface area contributed by atoms with Gasteiger partial charge in [0, 0.05) is 79.9 Å². The summed E-state index contributed by atoms with van der Waals surface area (Å²) in [5.41, 5.74) is -0.389. The number of halogens is 3. The van der Waals surface area contributed by atoms with E-state index in [0.29, 0.717) is 44.6 Å². The van der Waals surface area contributed by atoms with Crippen LogP contribution >= 0.6 is 11.3 Å². The molecular formula is C30H37F3N6OS. The second kappa shape index (κ2) is 12.5. The molecule has 1 aromatic carbocycles. The van der Waals surface area contributed by atoms with Gasteiger partial charge in [-0.1, -0.05) is 18.2 Å². The smallest absolute Gasteiger partial charge is 0.353 e. The minimum absolute atomic E-state index is 0.0815. The number of amides is 1. The van der Waals surface area contributed by atoms with E-state index in [0.717, 1.165) is 44.6 Å². The zero-order chi connectivity index (χ0) is 29.0. The lowest BCUT2D eigenvalue weighted by atomic mass is 9.72. The van der Waals surface area contributed by atoms with Gasteiger partial charge in [-0.3, -0.25) is 14.7 Å². The molecule has 0 radical (unpaired) electrons. The Morgan fingerprint density at radius 1 is 1.05 bits per heavy atom. The number of aromatic nitrogens is 2. The van der Waals surface area contributed by atoms with Crippen molar-refractivity contribution in [1.82, 2.24) is 24.7 Å². The first-order chi connectivity index (χ1) is 19.6. The minimum atomic E-state index is -4.40. The molecule has 11 heteroatoms. The standard InChI is InChI=1S/C30H37F3N6OS/c1-23-6-7-26(41-23)20-36(2)22-29(24-4-3-5-25(18-24)30(31,32)33)8-12-39(13-9-29)28(40)21-37-14-16-38(17-15-37)27-19-34-10-11-35-27/h3-7,10-11,18-19H,8-9,12-17,20-22H2,1-2H3. The summed E-state index contributed by atoms with van der Waals surface area (Å²) in [6.45, 7) is 7.92. The molecule has 0 unspecified atom stereocenters. The minimum Gasteiger partial charge on any atom is -0.353 e. The molecule has 5 rings (SSSR count). The first-order valence-corrected chi connectivity index (χ1v) is 14.9. The van der Waals surface area contributed by atoms with E-state index in [-0.39, 0.29) is 5.91 Å². The first kappa shape index (κ1) is 29.5. The summed E-state index contributed by atoms with van der Waals surface area (Å²) in [6, 6.07) is 10.0. The number of thiophene rings is 1. The molecule has 0 atom stereocenters. The van der Waals surface area contributed by atoms with Gasteiger partial charge in [0.15, 0.2) is 0 Å². The molecule has 0 saturated carbocycles. The molecule has 2 aromatic heterocycles. The lowest BCUT2D eigenvalue weighted by Gasteiger charge is -2.45. The van der Waals surface area contributed by atoms with Crippen LogP contribution in [0.2, 0.25) is 0 Å². The van der Waals surface area contributed by atoms with Gasteiger partial charge in [0.1, 0.15) is 5.82 Å². The number of hydrogen-bond donors (Lipinski definition) is 0. The highest BCUT2D eigenvalue weighted by Crippen LogP contribution is 2.39. The van der Waals surface area contributed by atoms with Crippen LogP contribution in [0.4, 0.5) is 19.0 Å². The Kier molecular flexibility index (Phi) is 8.96. The molecule has 2 aliphatic heterocycles. The molecule has 0 bridgehead atoms. The Balaban J connectivity index is 1.24. The number of anilines is 1. The van der Waals surface area contributed by atoms with E-state index in [2.05, 4.69) is 43.7 Å². The fourth-order valence-electron chi connectivity index (χ4n) is 6.04. The van der Waals surface area contributed by atoms with E-state index in [4.69, 9.17) is 0 Å². The van der Waals surface area contributed by atoms with E-state index in [9.17, 15) is 18.0 Å². The number of piperidine rings is 1. The maximum atomic E-state index is 13.6. The van der Waals surface area contributed by atoms with E-state index >= 15 is 0 Å². The quantitative estimate of drug-likeness (QED) is 0.382. The molecule has 0 aliphatic carbocycles. The monoisotopic (exact) mass is 586 g/mol. The van der Waals surface area contributed by atoms with Crippen molar-refractivity contribution in [2.24, 2.45) is 0 Å². The van der Waals surface area contributed by atoms with E-state index < -0.39 is 17.2 Å². The van der Waals surface area contributed by atoms with Crippen molar-refractivity contribution < 1.29 is 18.0 Å². The molecule has 41 heavy (non-hydrogen) atoms. The third-order valence-corrected chi connectivity index (χ3v) is 9.26. The van der Waals surface area contributed by atoms with Crippen molar-refractivity contribution in [3.8, 4) is 0 Å². The number of aryl methyl sites for hydroxylation is 1. The third-order valence-electron chi connectivity index (χ3n) is 8.27. The second-order valence-corrected chi connectivity index (χ2v) is 12.6. The van der Waals surface area contributed by atoms with Gasteiger partial charge in [0.2, 0.25) is 5.91 Å². The average Bonchev–Trinajstić information content (AvgIpc) is 3.37. The van der Waals surface area contributed by atoms with Crippen LogP contribution in [0, 0.1) is 6.92 Å². The topological polar surface area (TPSA) is 55.8 Å². The maximum absolute atomic E-state index is 13.6. The Bertz CT molecular complexity index is 1300. The van der Waals surface area contributed by atoms with Crippen molar-refractivity contribution in [2.45, 2.75) is 37.9 Å². The van der Waals surface area contributed by atoms with Gasteiger partial charge in [-0.2, -0.15) is 13.2 Å². The highest BCUT2D eigenvalue weighted by atomic mass is 32.1. The number of nitrogens with zero attached hydrogens (tertiary/aromatic N) is 6. The van der Waals surface area contributed by atoms with E-state index in [1.165, 1.54) is 21.9 Å². The summed E-state index contributed by atoms with van der Waals surface area (Å²) in [6.07, 6.45) is 1.93. The molecule has 4 heterocycles. The fourth-order valence-corrected chi connectivity index (χ4v) is 7.01. The normalized spacial score (nSPS) is 18.2. The number of alkyl halides is 3. The SMILES string of the molecule is Cc1ccc(CN(C)CC2(c3cccc(C(F)(F)F)c3)CCN(C(=O)CN3CCN(c4cnccn4)CC3)CC2)s1. The van der Waals surface area contributed by atoms with Gasteiger partial charge < -0.3 is 14.7 Å². The number of rotatable bonds is 8. The molecule has 7 nitrogen and oxygen atoms in total. The molecule has 3 aromatic rings. The van der Waals surface area contributed by atoms with Crippen LogP contribution in [0.15, 0.2) is 55.0 Å². The van der Waals surface area contributed by atoms with Gasteiger partial charge in [-0.25, -0.2) is 4.98 Å². The number of benzene rings is 1. The zero-order valence-electron chi connectivity index (χ0n) is 23.6. The van der Waals surface area contributed by atoms with E-state index in [1.54, 1.807) is 29.9 Å². The number of piperazine rings is 1. The number of hydrogen-bond acceptors (Lipinski definition) is 7. The molecule has 220 valence electrons. The van der Waals surface area contributed by atoms with Crippen molar-refractivity contribution in [1.29, 1.82) is 0 Å². The summed E-state index contributed by atoms with van der Waals surface area (Å²) in [7, 11) is 2.03. The van der Waals surface area contributed by atoms with Crippen LogP contribution in [-0.4, -0.2) is 90.0 Å². The molecule has 1 amide bonds. The van der Waals surface area contributed by atoms with Gasteiger partial charge in [0.05, 0.1) is 18.3 Å². The fraction of sp³-hybridized carbons (Fsp3) is 0.500. The number of likely N-dealkylation sites (tertiary alicyclic amines) is 1. The van der Waals surface area contributed by atoms with Crippen LogP contribution in [0.1, 0.15) is 33.7 Å². The van der Waals surface area contributed by atoms with Crippen LogP contribution in [-0.2, 0) is 22.9 Å². The lowest BCUT2D eigenvalue weighted by molar-refractivity contribution is -0.137. The number of carbonyl (C=O) groups excluding carboxylic acids is 1. The van der Waals surface area contributed by atoms with Gasteiger partial charge in [-0.15, -0.1) is 11.3 Å². The molecular weight excluding hydrogens is 549 g/mol. The third kappa shape index (κ3) is 7.25. The van der Waals surface area contributed by atoms with E-state index in [1.807, 2.05) is 18.0 Å². The summed E-state index contributed by atoms with van der Waals surface area (Å²) < 4.78 is 40.9. The van der Waals surface area contributed by atoms with Crippen molar-refractivity contribution in [2.75, 3.05) is 64.3 Å². The predicted molar refractivity (Wildman–Crippen MR) is 155 cm³/mol. The number of likely N-dealkylation sites (N-methyl/N-ethyl adjacent to an activating group) is 1. The van der Waals surface area contributed by atoms with Gasteiger partial charge in [0.25, 0.3) is 0 Å². The second-order valence-electron chi connectivity index (χ2n) is 11.3. The van der Waals surface area contributed by atoms with Gasteiger partial charge in [-0.05, 0) is 50.6 Å². The van der Waals surface area contributed by atoms with Crippen molar-refractivity contribution >= 4 is 23.1 Å². The van der Waals surface area contributed by atoms with Crippen LogP contribution in [0.25, 0.3) is 0 Å². The highest BCUT2D eigenvalue weighted by Gasteiger charge is 2.40. The van der Waals surface area contributed by atoms with Crippen LogP contribution in [0.5, 0.6) is 0 Å². The zero-order valence-corrected chi connectivity index (χ0v) is 24.4. The summed E-state index contributed by atoms with van der Waals surface area (Å²) in [4.78, 5) is 32.7. The molecule has 2 fully saturated rings.